The van der Waals surface area contributed by atoms with Crippen molar-refractivity contribution in [3.05, 3.63) is 28.7 Å². The first-order chi connectivity index (χ1) is 7.11. The van der Waals surface area contributed by atoms with E-state index in [9.17, 15) is 4.79 Å². The standard InChI is InChI=1S/C10H14BrN3O/c11-7-2-1-3-8(4-7)14-9(6-12)5-10(13)15/h1-4,9,14H,5-6,12H2,(H2,13,15). The van der Waals surface area contributed by atoms with Crippen LogP contribution in [0.25, 0.3) is 0 Å². The summed E-state index contributed by atoms with van der Waals surface area (Å²) in [5, 5.41) is 3.14. The van der Waals surface area contributed by atoms with Crippen LogP contribution in [0, 0.1) is 0 Å². The number of halogens is 1. The van der Waals surface area contributed by atoms with Crippen LogP contribution in [-0.4, -0.2) is 18.5 Å². The van der Waals surface area contributed by atoms with Crippen molar-refractivity contribution in [2.24, 2.45) is 11.5 Å². The highest BCUT2D eigenvalue weighted by Gasteiger charge is 2.09. The van der Waals surface area contributed by atoms with E-state index < -0.39 is 0 Å². The summed E-state index contributed by atoms with van der Waals surface area (Å²) >= 11 is 3.36. The molecule has 0 aromatic heterocycles. The van der Waals surface area contributed by atoms with Crippen molar-refractivity contribution >= 4 is 27.5 Å². The first-order valence-corrected chi connectivity index (χ1v) is 5.41. The molecule has 1 atom stereocenters. The van der Waals surface area contributed by atoms with E-state index in [0.29, 0.717) is 6.54 Å². The minimum atomic E-state index is -0.354. The van der Waals surface area contributed by atoms with Gasteiger partial charge in [-0.3, -0.25) is 4.79 Å². The Bertz CT molecular complexity index is 343. The lowest BCUT2D eigenvalue weighted by molar-refractivity contribution is -0.118. The smallest absolute Gasteiger partial charge is 0.219 e. The van der Waals surface area contributed by atoms with E-state index >= 15 is 0 Å². The monoisotopic (exact) mass is 271 g/mol. The van der Waals surface area contributed by atoms with Gasteiger partial charge in [0.05, 0.1) is 0 Å². The Kier molecular flexibility index (Phi) is 4.58. The van der Waals surface area contributed by atoms with Crippen LogP contribution >= 0.6 is 15.9 Å². The van der Waals surface area contributed by atoms with E-state index in [1.54, 1.807) is 0 Å². The van der Waals surface area contributed by atoms with E-state index in [1.807, 2.05) is 24.3 Å². The van der Waals surface area contributed by atoms with Crippen molar-refractivity contribution in [2.75, 3.05) is 11.9 Å². The Morgan fingerprint density at radius 1 is 1.53 bits per heavy atom. The number of nitrogens with one attached hydrogen (secondary N) is 1. The average molecular weight is 272 g/mol. The molecule has 0 saturated heterocycles. The van der Waals surface area contributed by atoms with Crippen molar-refractivity contribution in [3.8, 4) is 0 Å². The zero-order valence-corrected chi connectivity index (χ0v) is 9.83. The third-order valence-corrected chi connectivity index (χ3v) is 2.42. The van der Waals surface area contributed by atoms with Gasteiger partial charge in [0.1, 0.15) is 0 Å². The number of carbonyl (C=O) groups excluding carboxylic acids is 1. The fraction of sp³-hybridized carbons (Fsp3) is 0.300. The Morgan fingerprint density at radius 3 is 2.80 bits per heavy atom. The molecule has 1 rings (SSSR count). The predicted octanol–water partition coefficient (Wildman–Crippen LogP) is 1.06. The Balaban J connectivity index is 2.62. The molecular formula is C10H14BrN3O. The third kappa shape index (κ3) is 4.31. The van der Waals surface area contributed by atoms with Gasteiger partial charge in [-0.2, -0.15) is 0 Å². The van der Waals surface area contributed by atoms with Gasteiger partial charge in [0.25, 0.3) is 0 Å². The largest absolute Gasteiger partial charge is 0.380 e. The molecule has 82 valence electrons. The van der Waals surface area contributed by atoms with E-state index in [0.717, 1.165) is 10.2 Å². The van der Waals surface area contributed by atoms with E-state index in [-0.39, 0.29) is 18.4 Å². The highest BCUT2D eigenvalue weighted by atomic mass is 79.9. The molecule has 0 saturated carbocycles. The van der Waals surface area contributed by atoms with Gasteiger partial charge in [-0.05, 0) is 18.2 Å². The molecule has 0 heterocycles. The summed E-state index contributed by atoms with van der Waals surface area (Å²) in [6.07, 6.45) is 0.239. The molecular weight excluding hydrogens is 258 g/mol. The number of hydrogen-bond donors (Lipinski definition) is 3. The van der Waals surface area contributed by atoms with Gasteiger partial charge in [-0.15, -0.1) is 0 Å². The topological polar surface area (TPSA) is 81.1 Å². The number of carbonyl (C=O) groups is 1. The highest BCUT2D eigenvalue weighted by Crippen LogP contribution is 2.16. The van der Waals surface area contributed by atoms with Crippen LogP contribution in [0.3, 0.4) is 0 Å². The molecule has 0 radical (unpaired) electrons. The Labute approximate surface area is 97.1 Å². The maximum atomic E-state index is 10.7. The van der Waals surface area contributed by atoms with Gasteiger partial charge in [-0.1, -0.05) is 22.0 Å². The highest BCUT2D eigenvalue weighted by molar-refractivity contribution is 9.10. The van der Waals surface area contributed by atoms with Gasteiger partial charge < -0.3 is 16.8 Å². The number of nitrogens with two attached hydrogens (primary N) is 2. The van der Waals surface area contributed by atoms with Crippen LogP contribution in [0.1, 0.15) is 6.42 Å². The van der Waals surface area contributed by atoms with Gasteiger partial charge in [0, 0.05) is 29.2 Å². The third-order valence-electron chi connectivity index (χ3n) is 1.93. The van der Waals surface area contributed by atoms with Gasteiger partial charge in [0.15, 0.2) is 0 Å². The van der Waals surface area contributed by atoms with Gasteiger partial charge in [0.2, 0.25) is 5.91 Å². The molecule has 0 aliphatic heterocycles. The summed E-state index contributed by atoms with van der Waals surface area (Å²) in [6.45, 7) is 0.370. The number of hydrogen-bond acceptors (Lipinski definition) is 3. The lowest BCUT2D eigenvalue weighted by Crippen LogP contribution is -2.33. The maximum absolute atomic E-state index is 10.7. The predicted molar refractivity (Wildman–Crippen MR) is 64.4 cm³/mol. The first kappa shape index (κ1) is 12.0. The Morgan fingerprint density at radius 2 is 2.27 bits per heavy atom. The van der Waals surface area contributed by atoms with E-state index in [2.05, 4.69) is 21.2 Å². The van der Waals surface area contributed by atoms with Crippen LogP contribution in [0.5, 0.6) is 0 Å². The minimum absolute atomic E-state index is 0.114. The molecule has 4 nitrogen and oxygen atoms in total. The van der Waals surface area contributed by atoms with Crippen molar-refractivity contribution in [3.63, 3.8) is 0 Å². The zero-order chi connectivity index (χ0) is 11.3. The second-order valence-electron chi connectivity index (χ2n) is 3.26. The van der Waals surface area contributed by atoms with Crippen molar-refractivity contribution in [1.29, 1.82) is 0 Å². The van der Waals surface area contributed by atoms with Crippen molar-refractivity contribution in [1.82, 2.24) is 0 Å². The van der Waals surface area contributed by atoms with Gasteiger partial charge in [-0.25, -0.2) is 0 Å². The summed E-state index contributed by atoms with van der Waals surface area (Å²) in [6, 6.07) is 7.55. The summed E-state index contributed by atoms with van der Waals surface area (Å²) < 4.78 is 0.974. The summed E-state index contributed by atoms with van der Waals surface area (Å²) in [4.78, 5) is 10.7. The van der Waals surface area contributed by atoms with Gasteiger partial charge >= 0.3 is 0 Å². The lowest BCUT2D eigenvalue weighted by Gasteiger charge is -2.16. The molecule has 1 aromatic rings. The molecule has 5 N–H and O–H groups in total. The SMILES string of the molecule is NCC(CC(N)=O)Nc1cccc(Br)c1. The molecule has 5 heteroatoms. The summed E-state index contributed by atoms with van der Waals surface area (Å²) in [7, 11) is 0. The number of amides is 1. The molecule has 0 bridgehead atoms. The van der Waals surface area contributed by atoms with Crippen molar-refractivity contribution in [2.45, 2.75) is 12.5 Å². The fourth-order valence-corrected chi connectivity index (χ4v) is 1.65. The first-order valence-electron chi connectivity index (χ1n) is 4.62. The average Bonchev–Trinajstić information content (AvgIpc) is 2.16. The normalized spacial score (nSPS) is 12.1. The summed E-state index contributed by atoms with van der Waals surface area (Å²) in [5.74, 6) is -0.354. The molecule has 1 aromatic carbocycles. The van der Waals surface area contributed by atoms with E-state index in [4.69, 9.17) is 11.5 Å². The molecule has 1 unspecified atom stereocenters. The number of rotatable bonds is 5. The van der Waals surface area contributed by atoms with Crippen LogP contribution in [0.15, 0.2) is 28.7 Å². The zero-order valence-electron chi connectivity index (χ0n) is 8.24. The number of anilines is 1. The fourth-order valence-electron chi connectivity index (χ4n) is 1.25. The molecule has 0 spiro atoms. The number of primary amides is 1. The van der Waals surface area contributed by atoms with Crippen LogP contribution in [0.2, 0.25) is 0 Å². The number of benzene rings is 1. The minimum Gasteiger partial charge on any atom is -0.380 e. The Hall–Kier alpha value is -1.07. The van der Waals surface area contributed by atoms with Crippen LogP contribution < -0.4 is 16.8 Å². The maximum Gasteiger partial charge on any atom is 0.219 e. The van der Waals surface area contributed by atoms with Crippen molar-refractivity contribution < 1.29 is 4.79 Å². The quantitative estimate of drug-likeness (QED) is 0.749. The molecule has 1 amide bonds. The molecule has 15 heavy (non-hydrogen) atoms. The molecule has 0 aliphatic carbocycles. The van der Waals surface area contributed by atoms with Crippen LogP contribution in [0.4, 0.5) is 5.69 Å². The molecule has 0 aliphatic rings. The summed E-state index contributed by atoms with van der Waals surface area (Å²) in [5.41, 5.74) is 11.6. The van der Waals surface area contributed by atoms with E-state index in [1.165, 1.54) is 0 Å². The molecule has 0 fully saturated rings. The van der Waals surface area contributed by atoms with Crippen LogP contribution in [-0.2, 0) is 4.79 Å². The second-order valence-corrected chi connectivity index (χ2v) is 4.17. The second kappa shape index (κ2) is 5.72. The lowest BCUT2D eigenvalue weighted by atomic mass is 10.2.